The Balaban J connectivity index is 1.37. The zero-order valence-corrected chi connectivity index (χ0v) is 20.1. The zero-order valence-electron chi connectivity index (χ0n) is 19.4. The van der Waals surface area contributed by atoms with Crippen LogP contribution in [0.25, 0.3) is 22.2 Å². The van der Waals surface area contributed by atoms with Crippen molar-refractivity contribution in [1.29, 1.82) is 0 Å². The highest BCUT2D eigenvalue weighted by molar-refractivity contribution is 6.33. The Morgan fingerprint density at radius 1 is 0.824 bits per heavy atom. The Hall–Kier alpha value is -2.92. The number of pyridine rings is 1. The Bertz CT molecular complexity index is 1200. The molecule has 0 unspecified atom stereocenters. The molecule has 2 aliphatic rings. The van der Waals surface area contributed by atoms with E-state index in [1.807, 2.05) is 59.5 Å². The lowest BCUT2D eigenvalue weighted by Gasteiger charge is -2.34. The van der Waals surface area contributed by atoms with E-state index in [1.165, 1.54) is 12.8 Å². The van der Waals surface area contributed by atoms with Crippen LogP contribution in [-0.2, 0) is 4.79 Å². The van der Waals surface area contributed by atoms with E-state index in [1.54, 1.807) is 0 Å². The minimum absolute atomic E-state index is 0.00687. The number of para-hydroxylation sites is 1. The third-order valence-electron chi connectivity index (χ3n) is 7.15. The summed E-state index contributed by atoms with van der Waals surface area (Å²) in [7, 11) is 0. The van der Waals surface area contributed by atoms with Gasteiger partial charge in [-0.2, -0.15) is 0 Å². The summed E-state index contributed by atoms with van der Waals surface area (Å²) in [6.07, 6.45) is 6.08. The first-order valence-corrected chi connectivity index (χ1v) is 12.7. The summed E-state index contributed by atoms with van der Waals surface area (Å²) >= 11 is 6.44. The van der Waals surface area contributed by atoms with Gasteiger partial charge < -0.3 is 9.80 Å². The maximum absolute atomic E-state index is 13.7. The molecule has 2 saturated heterocycles. The lowest BCUT2D eigenvalue weighted by molar-refractivity contribution is -0.136. The normalized spacial score (nSPS) is 17.6. The lowest BCUT2D eigenvalue weighted by atomic mass is 9.94. The van der Waals surface area contributed by atoms with Crippen LogP contribution >= 0.6 is 11.6 Å². The molecule has 0 N–H and O–H groups in total. The van der Waals surface area contributed by atoms with Crippen LogP contribution in [0.15, 0.2) is 54.6 Å². The van der Waals surface area contributed by atoms with Gasteiger partial charge in [-0.05, 0) is 43.9 Å². The molecule has 0 saturated carbocycles. The maximum atomic E-state index is 13.7. The second-order valence-electron chi connectivity index (χ2n) is 9.36. The second-order valence-corrected chi connectivity index (χ2v) is 9.77. The van der Waals surface area contributed by atoms with Crippen molar-refractivity contribution in [2.45, 2.75) is 38.5 Å². The van der Waals surface area contributed by atoms with Gasteiger partial charge in [0, 0.05) is 48.1 Å². The number of aromatic nitrogens is 1. The largest absolute Gasteiger partial charge is 0.342 e. The molecule has 0 aliphatic carbocycles. The van der Waals surface area contributed by atoms with Gasteiger partial charge in [0.15, 0.2) is 0 Å². The summed E-state index contributed by atoms with van der Waals surface area (Å²) in [5.41, 5.74) is 2.91. The van der Waals surface area contributed by atoms with Gasteiger partial charge in [0.25, 0.3) is 5.91 Å². The average molecular weight is 476 g/mol. The third-order valence-corrected chi connectivity index (χ3v) is 7.48. The van der Waals surface area contributed by atoms with Crippen molar-refractivity contribution in [3.8, 4) is 11.3 Å². The number of rotatable bonds is 3. The highest BCUT2D eigenvalue weighted by Gasteiger charge is 2.31. The van der Waals surface area contributed by atoms with Crippen LogP contribution in [0.5, 0.6) is 0 Å². The Labute approximate surface area is 205 Å². The first-order chi connectivity index (χ1) is 16.6. The summed E-state index contributed by atoms with van der Waals surface area (Å²) in [5, 5.41) is 1.45. The van der Waals surface area contributed by atoms with Gasteiger partial charge in [0.05, 0.1) is 16.8 Å². The molecule has 5 rings (SSSR count). The zero-order chi connectivity index (χ0) is 23.5. The van der Waals surface area contributed by atoms with Gasteiger partial charge in [0.2, 0.25) is 5.91 Å². The van der Waals surface area contributed by atoms with Crippen molar-refractivity contribution >= 4 is 34.3 Å². The smallest absolute Gasteiger partial charge is 0.254 e. The van der Waals surface area contributed by atoms with E-state index in [0.29, 0.717) is 29.4 Å². The fourth-order valence-corrected chi connectivity index (χ4v) is 5.44. The Kier molecular flexibility index (Phi) is 6.82. The van der Waals surface area contributed by atoms with Gasteiger partial charge in [0.1, 0.15) is 0 Å². The molecule has 1 aromatic heterocycles. The van der Waals surface area contributed by atoms with E-state index >= 15 is 0 Å². The number of piperidine rings is 1. The average Bonchev–Trinajstić information content (AvgIpc) is 3.17. The van der Waals surface area contributed by atoms with Crippen LogP contribution in [0.4, 0.5) is 0 Å². The molecule has 2 aromatic carbocycles. The number of carbonyl (C=O) groups excluding carboxylic acids is 2. The number of likely N-dealkylation sites (tertiary alicyclic amines) is 2. The van der Waals surface area contributed by atoms with Crippen LogP contribution in [-0.4, -0.2) is 52.8 Å². The number of hydrogen-bond acceptors (Lipinski definition) is 3. The number of halogens is 1. The third kappa shape index (κ3) is 4.67. The molecule has 2 aliphatic heterocycles. The van der Waals surface area contributed by atoms with E-state index < -0.39 is 0 Å². The number of carbonyl (C=O) groups is 2. The van der Waals surface area contributed by atoms with Gasteiger partial charge in [-0.3, -0.25) is 9.59 Å². The Morgan fingerprint density at radius 3 is 2.24 bits per heavy atom. The number of benzene rings is 2. The molecule has 2 fully saturated rings. The van der Waals surface area contributed by atoms with Crippen LogP contribution in [0.3, 0.4) is 0 Å². The predicted octanol–water partition coefficient (Wildman–Crippen LogP) is 5.81. The molecule has 0 bridgehead atoms. The van der Waals surface area contributed by atoms with E-state index in [0.717, 1.165) is 55.2 Å². The Morgan fingerprint density at radius 2 is 1.50 bits per heavy atom. The molecular weight excluding hydrogens is 446 g/mol. The molecule has 3 aromatic rings. The molecule has 0 radical (unpaired) electrons. The highest BCUT2D eigenvalue weighted by atomic mass is 35.5. The lowest BCUT2D eigenvalue weighted by Crippen LogP contribution is -2.44. The summed E-state index contributed by atoms with van der Waals surface area (Å²) in [5.74, 6) is 0.298. The van der Waals surface area contributed by atoms with Crippen LogP contribution in [0.1, 0.15) is 48.9 Å². The van der Waals surface area contributed by atoms with Crippen LogP contribution in [0, 0.1) is 5.92 Å². The first-order valence-electron chi connectivity index (χ1n) is 12.3. The summed E-state index contributed by atoms with van der Waals surface area (Å²) in [6.45, 7) is 2.96. The predicted molar refractivity (Wildman–Crippen MR) is 136 cm³/mol. The van der Waals surface area contributed by atoms with Gasteiger partial charge in [-0.25, -0.2) is 4.98 Å². The molecule has 176 valence electrons. The fraction of sp³-hybridized carbons (Fsp3) is 0.393. The van der Waals surface area contributed by atoms with E-state index in [2.05, 4.69) is 4.90 Å². The number of hydrogen-bond donors (Lipinski definition) is 0. The molecule has 0 spiro atoms. The van der Waals surface area contributed by atoms with Crippen molar-refractivity contribution in [3.63, 3.8) is 0 Å². The van der Waals surface area contributed by atoms with Crippen LogP contribution in [0.2, 0.25) is 5.02 Å². The topological polar surface area (TPSA) is 53.5 Å². The molecule has 34 heavy (non-hydrogen) atoms. The molecule has 5 nitrogen and oxygen atoms in total. The first kappa shape index (κ1) is 22.9. The second kappa shape index (κ2) is 10.1. The quantitative estimate of drug-likeness (QED) is 0.480. The SMILES string of the molecule is O=C(c1cc(-c2ccccc2Cl)nc2ccccc12)N1CCC(C(=O)N2CCCCCC2)CC1. The summed E-state index contributed by atoms with van der Waals surface area (Å²) in [6, 6.07) is 17.2. The molecular formula is C28H30ClN3O2. The standard InChI is InChI=1S/C28H30ClN3O2/c29-24-11-5-3-10-22(24)26-19-23(21-9-4-6-12-25(21)30-26)28(34)32-17-13-20(14-18-32)27(33)31-15-7-1-2-8-16-31/h3-6,9-12,19-20H,1-2,7-8,13-18H2. The summed E-state index contributed by atoms with van der Waals surface area (Å²) < 4.78 is 0. The van der Waals surface area contributed by atoms with E-state index in [4.69, 9.17) is 16.6 Å². The van der Waals surface area contributed by atoms with Gasteiger partial charge in [-0.1, -0.05) is 60.8 Å². The van der Waals surface area contributed by atoms with E-state index in [-0.39, 0.29) is 17.7 Å². The minimum atomic E-state index is -0.00687. The number of amides is 2. The molecule has 3 heterocycles. The van der Waals surface area contributed by atoms with Crippen molar-refractivity contribution < 1.29 is 9.59 Å². The van der Waals surface area contributed by atoms with Gasteiger partial charge in [-0.15, -0.1) is 0 Å². The monoisotopic (exact) mass is 475 g/mol. The van der Waals surface area contributed by atoms with Gasteiger partial charge >= 0.3 is 0 Å². The fourth-order valence-electron chi connectivity index (χ4n) is 5.21. The van der Waals surface area contributed by atoms with E-state index in [9.17, 15) is 9.59 Å². The molecule has 2 amide bonds. The summed E-state index contributed by atoms with van der Waals surface area (Å²) in [4.78, 5) is 35.5. The number of nitrogens with zero attached hydrogens (tertiary/aromatic N) is 3. The maximum Gasteiger partial charge on any atom is 0.254 e. The van der Waals surface area contributed by atoms with Crippen molar-refractivity contribution in [2.75, 3.05) is 26.2 Å². The van der Waals surface area contributed by atoms with Crippen molar-refractivity contribution in [3.05, 3.63) is 65.2 Å². The van der Waals surface area contributed by atoms with Crippen molar-refractivity contribution in [1.82, 2.24) is 14.8 Å². The van der Waals surface area contributed by atoms with Crippen LogP contribution < -0.4 is 0 Å². The molecule has 0 atom stereocenters. The molecule has 6 heteroatoms. The number of fused-ring (bicyclic) bond motifs is 1. The van der Waals surface area contributed by atoms with Crippen molar-refractivity contribution in [2.24, 2.45) is 5.92 Å². The minimum Gasteiger partial charge on any atom is -0.342 e. The highest BCUT2D eigenvalue weighted by Crippen LogP contribution is 2.31.